The van der Waals surface area contributed by atoms with Crippen molar-refractivity contribution in [2.45, 2.75) is 18.2 Å². The molecule has 1 amide bonds. The van der Waals surface area contributed by atoms with E-state index in [9.17, 15) is 13.2 Å². The molecular weight excluding hydrogens is 278 g/mol. The highest BCUT2D eigenvalue weighted by Crippen LogP contribution is 2.23. The molecule has 0 aromatic heterocycles. The van der Waals surface area contributed by atoms with Gasteiger partial charge in [-0.3, -0.25) is 4.79 Å². The van der Waals surface area contributed by atoms with E-state index in [0.717, 1.165) is 6.26 Å². The lowest BCUT2D eigenvalue weighted by atomic mass is 10.0. The molecule has 108 valence electrons. The van der Waals surface area contributed by atoms with E-state index in [2.05, 4.69) is 11.6 Å². The summed E-state index contributed by atoms with van der Waals surface area (Å²) in [6, 6.07) is 2.90. The second kappa shape index (κ2) is 5.87. The molecule has 0 bridgehead atoms. The highest BCUT2D eigenvalue weighted by Gasteiger charge is 2.18. The molecular formula is C13H17N3O3S. The van der Waals surface area contributed by atoms with Crippen molar-refractivity contribution in [2.75, 3.05) is 6.26 Å². The fourth-order valence-corrected chi connectivity index (χ4v) is 2.70. The third kappa shape index (κ3) is 3.45. The Morgan fingerprint density at radius 2 is 2.00 bits per heavy atom. The Hall–Kier alpha value is -2.15. The number of amides is 1. The van der Waals surface area contributed by atoms with Gasteiger partial charge in [0.2, 0.25) is 0 Å². The maximum Gasteiger partial charge on any atom is 0.280 e. The van der Waals surface area contributed by atoms with E-state index >= 15 is 0 Å². The van der Waals surface area contributed by atoms with Crippen LogP contribution < -0.4 is 11.5 Å². The summed E-state index contributed by atoms with van der Waals surface area (Å²) in [5, 5.41) is 0. The Kier molecular flexibility index (Phi) is 4.67. The van der Waals surface area contributed by atoms with Gasteiger partial charge < -0.3 is 11.5 Å². The van der Waals surface area contributed by atoms with Crippen molar-refractivity contribution in [3.63, 3.8) is 0 Å². The van der Waals surface area contributed by atoms with E-state index in [-0.39, 0.29) is 16.4 Å². The van der Waals surface area contributed by atoms with Crippen molar-refractivity contribution in [1.82, 2.24) is 0 Å². The number of aliphatic imine (C=N–C) groups is 1. The summed E-state index contributed by atoms with van der Waals surface area (Å²) >= 11 is 0. The predicted molar refractivity (Wildman–Crippen MR) is 79.2 cm³/mol. The average molecular weight is 295 g/mol. The fraction of sp³-hybridized carbons (Fsp3) is 0.231. The molecule has 0 aliphatic rings. The minimum Gasteiger partial charge on any atom is -0.370 e. The maximum absolute atomic E-state index is 11.9. The van der Waals surface area contributed by atoms with Gasteiger partial charge in [-0.2, -0.15) is 4.99 Å². The summed E-state index contributed by atoms with van der Waals surface area (Å²) in [7, 11) is -3.49. The van der Waals surface area contributed by atoms with Gasteiger partial charge in [-0.05, 0) is 29.7 Å². The lowest BCUT2D eigenvalue weighted by Crippen LogP contribution is -2.24. The van der Waals surface area contributed by atoms with Crippen molar-refractivity contribution in [1.29, 1.82) is 0 Å². The van der Waals surface area contributed by atoms with Gasteiger partial charge in [0.25, 0.3) is 5.91 Å². The first-order valence-electron chi connectivity index (χ1n) is 5.84. The van der Waals surface area contributed by atoms with Gasteiger partial charge >= 0.3 is 0 Å². The number of aryl methyl sites for hydroxylation is 1. The monoisotopic (exact) mass is 295 g/mol. The molecule has 0 atom stereocenters. The lowest BCUT2D eigenvalue weighted by Gasteiger charge is -2.11. The third-order valence-corrected chi connectivity index (χ3v) is 3.85. The molecule has 1 aromatic carbocycles. The molecule has 0 saturated heterocycles. The molecule has 0 heterocycles. The Bertz CT molecular complexity index is 687. The zero-order chi connectivity index (χ0) is 15.5. The molecule has 1 rings (SSSR count). The van der Waals surface area contributed by atoms with Crippen molar-refractivity contribution in [3.05, 3.63) is 35.4 Å². The Balaban J connectivity index is 3.64. The molecule has 0 fully saturated rings. The minimum absolute atomic E-state index is 0.0267. The molecule has 0 saturated carbocycles. The van der Waals surface area contributed by atoms with Crippen LogP contribution in [0.5, 0.6) is 0 Å². The van der Waals surface area contributed by atoms with Gasteiger partial charge in [0, 0.05) is 11.8 Å². The molecule has 0 spiro atoms. The van der Waals surface area contributed by atoms with E-state index in [4.69, 9.17) is 11.5 Å². The number of hydrogen-bond acceptors (Lipinski definition) is 3. The summed E-state index contributed by atoms with van der Waals surface area (Å²) in [5.41, 5.74) is 11.6. The molecule has 0 aliphatic heterocycles. The predicted octanol–water partition coefficient (Wildman–Crippen LogP) is 0.709. The van der Waals surface area contributed by atoms with Gasteiger partial charge in [-0.25, -0.2) is 8.42 Å². The normalized spacial score (nSPS) is 10.9. The molecule has 7 heteroatoms. The van der Waals surface area contributed by atoms with E-state index in [1.165, 1.54) is 12.1 Å². The van der Waals surface area contributed by atoms with Crippen LogP contribution in [0, 0.1) is 0 Å². The molecule has 0 unspecified atom stereocenters. The van der Waals surface area contributed by atoms with Crippen LogP contribution in [0.4, 0.5) is 0 Å². The Morgan fingerprint density at radius 1 is 1.40 bits per heavy atom. The van der Waals surface area contributed by atoms with Crippen LogP contribution in [-0.4, -0.2) is 26.5 Å². The van der Waals surface area contributed by atoms with Gasteiger partial charge in [0.1, 0.15) is 0 Å². The van der Waals surface area contributed by atoms with Crippen molar-refractivity contribution < 1.29 is 13.2 Å². The van der Waals surface area contributed by atoms with Gasteiger partial charge in [0.15, 0.2) is 15.8 Å². The second-order valence-electron chi connectivity index (χ2n) is 4.22. The number of guanidine groups is 1. The number of benzene rings is 1. The van der Waals surface area contributed by atoms with Crippen LogP contribution in [0.3, 0.4) is 0 Å². The molecule has 4 N–H and O–H groups in total. The van der Waals surface area contributed by atoms with Crippen molar-refractivity contribution >= 4 is 27.8 Å². The summed E-state index contributed by atoms with van der Waals surface area (Å²) in [6.07, 6.45) is 3.03. The topological polar surface area (TPSA) is 116 Å². The summed E-state index contributed by atoms with van der Waals surface area (Å²) in [4.78, 5) is 15.4. The molecule has 1 aromatic rings. The van der Waals surface area contributed by atoms with E-state index in [0.29, 0.717) is 17.5 Å². The van der Waals surface area contributed by atoms with Crippen molar-refractivity contribution in [3.8, 4) is 0 Å². The van der Waals surface area contributed by atoms with Crippen molar-refractivity contribution in [2.24, 2.45) is 16.5 Å². The lowest BCUT2D eigenvalue weighted by molar-refractivity contribution is 0.100. The van der Waals surface area contributed by atoms with Gasteiger partial charge in [-0.15, -0.1) is 0 Å². The first kappa shape index (κ1) is 15.9. The zero-order valence-electron chi connectivity index (χ0n) is 11.4. The van der Waals surface area contributed by atoms with Gasteiger partial charge in [-0.1, -0.05) is 19.6 Å². The van der Waals surface area contributed by atoms with Crippen LogP contribution in [0.1, 0.15) is 28.4 Å². The molecule has 20 heavy (non-hydrogen) atoms. The first-order valence-corrected chi connectivity index (χ1v) is 7.73. The number of sulfone groups is 1. The Morgan fingerprint density at radius 3 is 2.40 bits per heavy atom. The second-order valence-corrected chi connectivity index (χ2v) is 6.20. The number of hydrogen-bond donors (Lipinski definition) is 2. The van der Waals surface area contributed by atoms with Crippen LogP contribution >= 0.6 is 0 Å². The van der Waals surface area contributed by atoms with E-state index in [1.807, 2.05) is 6.92 Å². The molecule has 0 radical (unpaired) electrons. The van der Waals surface area contributed by atoms with Gasteiger partial charge in [0.05, 0.1) is 4.90 Å². The minimum atomic E-state index is -3.49. The standard InChI is InChI=1S/C13H17N3O3S/c1-4-8-6-9(5-2)11(20(3,18)19)7-10(8)12(17)16-13(14)15/h5-7H,2,4H2,1,3H3,(H4,14,15,16,17). The van der Waals surface area contributed by atoms with E-state index in [1.54, 1.807) is 6.07 Å². The smallest absolute Gasteiger partial charge is 0.280 e. The van der Waals surface area contributed by atoms with E-state index < -0.39 is 15.7 Å². The van der Waals surface area contributed by atoms with Crippen LogP contribution in [0.25, 0.3) is 6.08 Å². The number of rotatable bonds is 4. The van der Waals surface area contributed by atoms with Crippen LogP contribution in [-0.2, 0) is 16.3 Å². The quantitative estimate of drug-likeness (QED) is 0.627. The molecule has 6 nitrogen and oxygen atoms in total. The average Bonchev–Trinajstić information content (AvgIpc) is 2.34. The first-order chi connectivity index (χ1) is 9.20. The summed E-state index contributed by atoms with van der Waals surface area (Å²) in [6.45, 7) is 5.43. The highest BCUT2D eigenvalue weighted by atomic mass is 32.2. The Labute approximate surface area is 118 Å². The fourth-order valence-electron chi connectivity index (χ4n) is 1.79. The number of carbonyl (C=O) groups is 1. The third-order valence-electron chi connectivity index (χ3n) is 2.70. The maximum atomic E-state index is 11.9. The number of nitrogens with two attached hydrogens (primary N) is 2. The SMILES string of the molecule is C=Cc1cc(CC)c(C(=O)N=C(N)N)cc1S(C)(=O)=O. The molecule has 0 aliphatic carbocycles. The van der Waals surface area contributed by atoms with Crippen LogP contribution in [0.2, 0.25) is 0 Å². The van der Waals surface area contributed by atoms with Crippen LogP contribution in [0.15, 0.2) is 28.6 Å². The highest BCUT2D eigenvalue weighted by molar-refractivity contribution is 7.90. The summed E-state index contributed by atoms with van der Waals surface area (Å²) < 4.78 is 23.5. The zero-order valence-corrected chi connectivity index (χ0v) is 12.2. The largest absolute Gasteiger partial charge is 0.370 e. The number of carbonyl (C=O) groups excluding carboxylic acids is 1. The number of nitrogens with zero attached hydrogens (tertiary/aromatic N) is 1. The summed E-state index contributed by atoms with van der Waals surface area (Å²) in [5.74, 6) is -1.03.